The van der Waals surface area contributed by atoms with E-state index in [4.69, 9.17) is 4.18 Å². The first kappa shape index (κ1) is 15.2. The molecule has 0 aliphatic heterocycles. The minimum Gasteiger partial charge on any atom is -0.262 e. The summed E-state index contributed by atoms with van der Waals surface area (Å²) < 4.78 is 30.1. The zero-order chi connectivity index (χ0) is 14.8. The molecule has 2 aromatic carbocycles. The van der Waals surface area contributed by atoms with Crippen molar-refractivity contribution in [2.75, 3.05) is 0 Å². The van der Waals surface area contributed by atoms with Gasteiger partial charge >= 0.3 is 0 Å². The Labute approximate surface area is 127 Å². The monoisotopic (exact) mass is 354 g/mol. The molecule has 106 valence electrons. The average Bonchev–Trinajstić information content (AvgIpc) is 2.40. The molecule has 0 aliphatic carbocycles. The summed E-state index contributed by atoms with van der Waals surface area (Å²) in [4.78, 5) is 0.173. The van der Waals surface area contributed by atoms with Gasteiger partial charge in [-0.1, -0.05) is 51.3 Å². The van der Waals surface area contributed by atoms with Crippen LogP contribution in [0.25, 0.3) is 0 Å². The summed E-state index contributed by atoms with van der Waals surface area (Å²) in [6, 6.07) is 12.3. The third-order valence-corrected chi connectivity index (χ3v) is 4.93. The molecule has 0 radical (unpaired) electrons. The van der Waals surface area contributed by atoms with Crippen LogP contribution in [0, 0.1) is 13.8 Å². The summed E-state index contributed by atoms with van der Waals surface area (Å²) in [6.45, 7) is 3.87. The number of hydrogen-bond acceptors (Lipinski definition) is 3. The van der Waals surface area contributed by atoms with Gasteiger partial charge < -0.3 is 0 Å². The van der Waals surface area contributed by atoms with Gasteiger partial charge in [-0.05, 0) is 37.6 Å². The molecule has 0 unspecified atom stereocenters. The zero-order valence-electron chi connectivity index (χ0n) is 11.3. The molecule has 20 heavy (non-hydrogen) atoms. The Hall–Kier alpha value is -1.17. The standard InChI is InChI=1S/C15H15BrO3S/c1-11-3-6-14(7-4-11)20(17,18)19-10-13-9-12(2)5-8-15(13)16/h3-9H,10H2,1-2H3. The van der Waals surface area contributed by atoms with E-state index in [1.54, 1.807) is 24.3 Å². The predicted molar refractivity (Wildman–Crippen MR) is 82.0 cm³/mol. The van der Waals surface area contributed by atoms with Crippen molar-refractivity contribution < 1.29 is 12.6 Å². The molecule has 0 atom stereocenters. The lowest BCUT2D eigenvalue weighted by molar-refractivity contribution is 0.307. The molecule has 0 spiro atoms. The fraction of sp³-hybridized carbons (Fsp3) is 0.200. The van der Waals surface area contributed by atoms with Gasteiger partial charge in [0.25, 0.3) is 10.1 Å². The molecule has 0 aromatic heterocycles. The average molecular weight is 355 g/mol. The Morgan fingerprint density at radius 3 is 2.25 bits per heavy atom. The highest BCUT2D eigenvalue weighted by atomic mass is 79.9. The lowest BCUT2D eigenvalue weighted by Crippen LogP contribution is -2.07. The van der Waals surface area contributed by atoms with Crippen LogP contribution >= 0.6 is 15.9 Å². The van der Waals surface area contributed by atoms with Crippen molar-refractivity contribution in [1.82, 2.24) is 0 Å². The van der Waals surface area contributed by atoms with Gasteiger partial charge in [-0.25, -0.2) is 0 Å². The summed E-state index contributed by atoms with van der Waals surface area (Å²) in [7, 11) is -3.73. The summed E-state index contributed by atoms with van der Waals surface area (Å²) in [6.07, 6.45) is 0. The van der Waals surface area contributed by atoms with E-state index in [-0.39, 0.29) is 11.5 Å². The fourth-order valence-electron chi connectivity index (χ4n) is 1.73. The van der Waals surface area contributed by atoms with E-state index in [0.717, 1.165) is 21.2 Å². The molecule has 0 bridgehead atoms. The highest BCUT2D eigenvalue weighted by Crippen LogP contribution is 2.21. The SMILES string of the molecule is Cc1ccc(S(=O)(=O)OCc2cc(C)ccc2Br)cc1. The molecule has 0 heterocycles. The van der Waals surface area contributed by atoms with Crippen molar-refractivity contribution in [2.45, 2.75) is 25.3 Å². The fourth-order valence-corrected chi connectivity index (χ4v) is 2.98. The Morgan fingerprint density at radius 2 is 1.60 bits per heavy atom. The number of hydrogen-bond donors (Lipinski definition) is 0. The number of benzene rings is 2. The molecule has 0 aliphatic rings. The van der Waals surface area contributed by atoms with Gasteiger partial charge in [0.2, 0.25) is 0 Å². The Morgan fingerprint density at radius 1 is 1.00 bits per heavy atom. The summed E-state index contributed by atoms with van der Waals surface area (Å²) in [5.41, 5.74) is 2.87. The van der Waals surface area contributed by atoms with Gasteiger partial charge in [0.05, 0.1) is 11.5 Å². The number of halogens is 1. The summed E-state index contributed by atoms with van der Waals surface area (Å²) >= 11 is 3.39. The second-order valence-electron chi connectivity index (χ2n) is 4.62. The Balaban J connectivity index is 2.17. The molecule has 0 saturated carbocycles. The number of rotatable bonds is 4. The van der Waals surface area contributed by atoms with Crippen LogP contribution in [0.1, 0.15) is 16.7 Å². The second-order valence-corrected chi connectivity index (χ2v) is 7.09. The topological polar surface area (TPSA) is 43.4 Å². The first-order valence-corrected chi connectivity index (χ1v) is 8.30. The van der Waals surface area contributed by atoms with Gasteiger partial charge in [-0.3, -0.25) is 4.18 Å². The maximum Gasteiger partial charge on any atom is 0.297 e. The van der Waals surface area contributed by atoms with Crippen LogP contribution in [0.5, 0.6) is 0 Å². The second kappa shape index (κ2) is 6.08. The Kier molecular flexibility index (Phi) is 4.62. The van der Waals surface area contributed by atoms with Crippen molar-refractivity contribution in [2.24, 2.45) is 0 Å². The molecule has 2 rings (SSSR count). The quantitative estimate of drug-likeness (QED) is 0.780. The highest BCUT2D eigenvalue weighted by Gasteiger charge is 2.15. The highest BCUT2D eigenvalue weighted by molar-refractivity contribution is 9.10. The Bertz CT molecular complexity index is 706. The largest absolute Gasteiger partial charge is 0.297 e. The molecule has 0 fully saturated rings. The van der Waals surface area contributed by atoms with Crippen LogP contribution in [0.3, 0.4) is 0 Å². The first-order chi connectivity index (χ1) is 9.38. The first-order valence-electron chi connectivity index (χ1n) is 6.09. The third kappa shape index (κ3) is 3.69. The van der Waals surface area contributed by atoms with Gasteiger partial charge in [0.15, 0.2) is 0 Å². The minimum absolute atomic E-state index is 0.0124. The van der Waals surface area contributed by atoms with E-state index < -0.39 is 10.1 Å². The zero-order valence-corrected chi connectivity index (χ0v) is 13.7. The van der Waals surface area contributed by atoms with Gasteiger partial charge in [-0.15, -0.1) is 0 Å². The lowest BCUT2D eigenvalue weighted by atomic mass is 10.1. The lowest BCUT2D eigenvalue weighted by Gasteiger charge is -2.08. The molecular weight excluding hydrogens is 340 g/mol. The maximum absolute atomic E-state index is 12.1. The van der Waals surface area contributed by atoms with Crippen LogP contribution in [0.4, 0.5) is 0 Å². The predicted octanol–water partition coefficient (Wildman–Crippen LogP) is 3.97. The van der Waals surface area contributed by atoms with Crippen LogP contribution in [0.15, 0.2) is 51.8 Å². The summed E-state index contributed by atoms with van der Waals surface area (Å²) in [5, 5.41) is 0. The van der Waals surface area contributed by atoms with Gasteiger partial charge in [0, 0.05) is 4.47 Å². The van der Waals surface area contributed by atoms with Crippen molar-refractivity contribution in [1.29, 1.82) is 0 Å². The molecule has 2 aromatic rings. The van der Waals surface area contributed by atoms with Gasteiger partial charge in [0.1, 0.15) is 0 Å². The molecular formula is C15H15BrO3S. The van der Waals surface area contributed by atoms with Crippen LogP contribution in [-0.4, -0.2) is 8.42 Å². The van der Waals surface area contributed by atoms with Crippen LogP contribution < -0.4 is 0 Å². The van der Waals surface area contributed by atoms with E-state index in [1.807, 2.05) is 32.0 Å². The van der Waals surface area contributed by atoms with E-state index in [0.29, 0.717) is 0 Å². The molecule has 5 heteroatoms. The molecule has 3 nitrogen and oxygen atoms in total. The smallest absolute Gasteiger partial charge is 0.262 e. The molecule has 0 amide bonds. The van der Waals surface area contributed by atoms with E-state index in [9.17, 15) is 8.42 Å². The molecule has 0 saturated heterocycles. The van der Waals surface area contributed by atoms with E-state index in [2.05, 4.69) is 15.9 Å². The van der Waals surface area contributed by atoms with Crippen molar-refractivity contribution in [3.63, 3.8) is 0 Å². The van der Waals surface area contributed by atoms with Crippen LogP contribution in [0.2, 0.25) is 0 Å². The van der Waals surface area contributed by atoms with E-state index in [1.165, 1.54) is 0 Å². The van der Waals surface area contributed by atoms with E-state index >= 15 is 0 Å². The maximum atomic E-state index is 12.1. The van der Waals surface area contributed by atoms with Crippen molar-refractivity contribution in [3.05, 3.63) is 63.6 Å². The van der Waals surface area contributed by atoms with Crippen molar-refractivity contribution in [3.8, 4) is 0 Å². The molecule has 0 N–H and O–H groups in total. The third-order valence-electron chi connectivity index (χ3n) is 2.88. The summed E-state index contributed by atoms with van der Waals surface area (Å²) in [5.74, 6) is 0. The van der Waals surface area contributed by atoms with Crippen molar-refractivity contribution >= 4 is 26.0 Å². The minimum atomic E-state index is -3.73. The van der Waals surface area contributed by atoms with Crippen LogP contribution in [-0.2, 0) is 20.9 Å². The van der Waals surface area contributed by atoms with Gasteiger partial charge in [-0.2, -0.15) is 8.42 Å². The normalized spacial score (nSPS) is 11.6. The number of aryl methyl sites for hydroxylation is 2.